The number of hydrogen-bond donors (Lipinski definition) is 1. The van der Waals surface area contributed by atoms with Crippen LogP contribution in [0.1, 0.15) is 57.2 Å². The summed E-state index contributed by atoms with van der Waals surface area (Å²) < 4.78 is 39.3. The van der Waals surface area contributed by atoms with Crippen LogP contribution >= 0.6 is 0 Å². The van der Waals surface area contributed by atoms with Gasteiger partial charge in [-0.25, -0.2) is 0 Å². The van der Waals surface area contributed by atoms with Gasteiger partial charge in [0.15, 0.2) is 0 Å². The van der Waals surface area contributed by atoms with Crippen LogP contribution in [0.4, 0.5) is 13.2 Å². The van der Waals surface area contributed by atoms with Gasteiger partial charge in [-0.3, -0.25) is 0 Å². The molecule has 1 aromatic rings. The molecule has 1 nitrogen and oxygen atoms in total. The van der Waals surface area contributed by atoms with Gasteiger partial charge in [0.05, 0.1) is 5.56 Å². The van der Waals surface area contributed by atoms with E-state index in [1.165, 1.54) is 18.6 Å². The SMILES string of the molecule is CC(NC1CCCC(C)C1C)c1ccccc1C(F)(F)F. The summed E-state index contributed by atoms with van der Waals surface area (Å²) >= 11 is 0. The van der Waals surface area contributed by atoms with Crippen LogP contribution in [-0.2, 0) is 6.18 Å². The lowest BCUT2D eigenvalue weighted by Gasteiger charge is -2.37. The third kappa shape index (κ3) is 3.79. The number of halogens is 3. The highest BCUT2D eigenvalue weighted by molar-refractivity contribution is 5.32. The van der Waals surface area contributed by atoms with Crippen LogP contribution in [0.15, 0.2) is 24.3 Å². The zero-order valence-electron chi connectivity index (χ0n) is 12.9. The second kappa shape index (κ2) is 6.39. The average Bonchev–Trinajstić information content (AvgIpc) is 2.43. The van der Waals surface area contributed by atoms with Gasteiger partial charge in [-0.2, -0.15) is 13.2 Å². The molecule has 0 saturated heterocycles. The molecule has 0 radical (unpaired) electrons. The fourth-order valence-corrected chi connectivity index (χ4v) is 3.36. The lowest BCUT2D eigenvalue weighted by atomic mass is 9.77. The maximum Gasteiger partial charge on any atom is 0.416 e. The zero-order chi connectivity index (χ0) is 15.6. The molecule has 1 fully saturated rings. The van der Waals surface area contributed by atoms with Crippen LogP contribution < -0.4 is 5.32 Å². The Morgan fingerprint density at radius 3 is 2.48 bits per heavy atom. The molecule has 0 aromatic heterocycles. The van der Waals surface area contributed by atoms with Crippen molar-refractivity contribution in [2.75, 3.05) is 0 Å². The maximum atomic E-state index is 13.1. The molecule has 0 amide bonds. The van der Waals surface area contributed by atoms with Crippen LogP contribution in [0, 0.1) is 11.8 Å². The van der Waals surface area contributed by atoms with Gasteiger partial charge in [0.2, 0.25) is 0 Å². The van der Waals surface area contributed by atoms with Crippen LogP contribution in [0.2, 0.25) is 0 Å². The van der Waals surface area contributed by atoms with Crippen molar-refractivity contribution >= 4 is 0 Å². The molecule has 2 rings (SSSR count). The molecule has 0 aliphatic heterocycles. The minimum absolute atomic E-state index is 0.291. The first-order valence-electron chi connectivity index (χ1n) is 7.73. The number of benzene rings is 1. The third-order valence-corrected chi connectivity index (χ3v) is 4.90. The topological polar surface area (TPSA) is 12.0 Å². The van der Waals surface area contributed by atoms with Crippen molar-refractivity contribution in [3.8, 4) is 0 Å². The predicted octanol–water partition coefficient (Wildman–Crippen LogP) is 5.18. The highest BCUT2D eigenvalue weighted by Crippen LogP contribution is 2.36. The van der Waals surface area contributed by atoms with Crippen LogP contribution in [0.5, 0.6) is 0 Å². The van der Waals surface area contributed by atoms with Gasteiger partial charge < -0.3 is 5.32 Å². The molecule has 1 N–H and O–H groups in total. The number of rotatable bonds is 3. The molecule has 0 bridgehead atoms. The summed E-state index contributed by atoms with van der Waals surface area (Å²) in [6.07, 6.45) is -0.883. The first kappa shape index (κ1) is 16.3. The summed E-state index contributed by atoms with van der Waals surface area (Å²) in [5, 5.41) is 3.43. The fraction of sp³-hybridized carbons (Fsp3) is 0.647. The molecule has 4 heteroatoms. The first-order chi connectivity index (χ1) is 9.80. The lowest BCUT2D eigenvalue weighted by molar-refractivity contribution is -0.138. The molecular weight excluding hydrogens is 275 g/mol. The summed E-state index contributed by atoms with van der Waals surface area (Å²) in [5.74, 6) is 1.13. The van der Waals surface area contributed by atoms with Gasteiger partial charge in [-0.15, -0.1) is 0 Å². The van der Waals surface area contributed by atoms with Gasteiger partial charge in [0.25, 0.3) is 0 Å². The van der Waals surface area contributed by atoms with Gasteiger partial charge >= 0.3 is 6.18 Å². The summed E-state index contributed by atoms with van der Waals surface area (Å²) in [6.45, 7) is 6.26. The Morgan fingerprint density at radius 2 is 1.81 bits per heavy atom. The molecule has 1 saturated carbocycles. The second-order valence-corrected chi connectivity index (χ2v) is 6.35. The number of nitrogens with one attached hydrogen (secondary N) is 1. The van der Waals surface area contributed by atoms with Crippen LogP contribution in [0.25, 0.3) is 0 Å². The summed E-state index contributed by atoms with van der Waals surface area (Å²) in [7, 11) is 0. The Morgan fingerprint density at radius 1 is 1.14 bits per heavy atom. The first-order valence-corrected chi connectivity index (χ1v) is 7.73. The van der Waals surface area contributed by atoms with Crippen molar-refractivity contribution in [3.05, 3.63) is 35.4 Å². The van der Waals surface area contributed by atoms with E-state index in [0.29, 0.717) is 23.4 Å². The molecule has 1 aliphatic carbocycles. The van der Waals surface area contributed by atoms with E-state index in [1.807, 2.05) is 6.92 Å². The number of hydrogen-bond acceptors (Lipinski definition) is 1. The minimum atomic E-state index is -4.29. The molecule has 1 aliphatic rings. The van der Waals surface area contributed by atoms with E-state index in [0.717, 1.165) is 12.8 Å². The zero-order valence-corrected chi connectivity index (χ0v) is 12.9. The van der Waals surface area contributed by atoms with Crippen molar-refractivity contribution in [3.63, 3.8) is 0 Å². The standard InChI is InChI=1S/C17H24F3N/c1-11-7-6-10-16(12(11)2)21-13(3)14-8-4-5-9-15(14)17(18,19)20/h4-5,8-9,11-13,16,21H,6-7,10H2,1-3H3. The second-order valence-electron chi connectivity index (χ2n) is 6.35. The van der Waals surface area contributed by atoms with Gasteiger partial charge in [-0.1, -0.05) is 44.9 Å². The molecule has 21 heavy (non-hydrogen) atoms. The third-order valence-electron chi connectivity index (χ3n) is 4.90. The molecule has 0 spiro atoms. The molecule has 4 atom stereocenters. The largest absolute Gasteiger partial charge is 0.416 e. The average molecular weight is 299 g/mol. The van der Waals surface area contributed by atoms with Gasteiger partial charge in [-0.05, 0) is 36.8 Å². The normalized spacial score (nSPS) is 28.4. The van der Waals surface area contributed by atoms with Crippen molar-refractivity contribution in [2.24, 2.45) is 11.8 Å². The van der Waals surface area contributed by atoms with Crippen molar-refractivity contribution < 1.29 is 13.2 Å². The number of alkyl halides is 3. The van der Waals surface area contributed by atoms with E-state index in [4.69, 9.17) is 0 Å². The maximum absolute atomic E-state index is 13.1. The van der Waals surface area contributed by atoms with E-state index in [-0.39, 0.29) is 6.04 Å². The lowest BCUT2D eigenvalue weighted by Crippen LogP contribution is -2.42. The summed E-state index contributed by atoms with van der Waals surface area (Å²) in [5.41, 5.74) is -0.183. The Balaban J connectivity index is 2.15. The van der Waals surface area contributed by atoms with E-state index < -0.39 is 11.7 Å². The molecule has 4 unspecified atom stereocenters. The molecule has 0 heterocycles. The fourth-order valence-electron chi connectivity index (χ4n) is 3.36. The Labute approximate surface area is 124 Å². The van der Waals surface area contributed by atoms with Crippen molar-refractivity contribution in [2.45, 2.75) is 58.3 Å². The van der Waals surface area contributed by atoms with Crippen molar-refractivity contribution in [1.82, 2.24) is 5.32 Å². The van der Waals surface area contributed by atoms with Gasteiger partial charge in [0, 0.05) is 12.1 Å². The van der Waals surface area contributed by atoms with E-state index in [1.54, 1.807) is 12.1 Å². The van der Waals surface area contributed by atoms with Crippen LogP contribution in [0.3, 0.4) is 0 Å². The summed E-state index contributed by atoms with van der Waals surface area (Å²) in [4.78, 5) is 0. The quantitative estimate of drug-likeness (QED) is 0.811. The van der Waals surface area contributed by atoms with E-state index >= 15 is 0 Å². The van der Waals surface area contributed by atoms with E-state index in [2.05, 4.69) is 19.2 Å². The van der Waals surface area contributed by atoms with Gasteiger partial charge in [0.1, 0.15) is 0 Å². The molecular formula is C17H24F3N. The Bertz CT molecular complexity index is 469. The summed E-state index contributed by atoms with van der Waals surface area (Å²) in [6, 6.07) is 5.88. The Hall–Kier alpha value is -1.03. The van der Waals surface area contributed by atoms with Crippen LogP contribution in [-0.4, -0.2) is 6.04 Å². The van der Waals surface area contributed by atoms with Crippen molar-refractivity contribution in [1.29, 1.82) is 0 Å². The molecule has 118 valence electrons. The van der Waals surface area contributed by atoms with E-state index in [9.17, 15) is 13.2 Å². The minimum Gasteiger partial charge on any atom is -0.307 e. The molecule has 1 aromatic carbocycles. The Kier molecular flexibility index (Phi) is 4.97. The monoisotopic (exact) mass is 299 g/mol. The smallest absolute Gasteiger partial charge is 0.307 e. The highest BCUT2D eigenvalue weighted by atomic mass is 19.4. The predicted molar refractivity (Wildman–Crippen MR) is 79.0 cm³/mol. The highest BCUT2D eigenvalue weighted by Gasteiger charge is 2.35.